The summed E-state index contributed by atoms with van der Waals surface area (Å²) >= 11 is 0. The molecule has 1 aliphatic carbocycles. The highest BCUT2D eigenvalue weighted by atomic mass is 19.2. The number of rotatable bonds is 3. The normalized spacial score (nSPS) is 27.6. The van der Waals surface area contributed by atoms with Crippen LogP contribution in [0.25, 0.3) is 0 Å². The van der Waals surface area contributed by atoms with Crippen molar-refractivity contribution in [2.45, 2.75) is 31.7 Å². The standard InChI is InChI=1S/C10H16FNO2/c1-9(2,7-13)14-10(11)5-3-8(12)4-6-10/h3-5,13H,6-7,12H2,1-2H3. The summed E-state index contributed by atoms with van der Waals surface area (Å²) in [5.41, 5.74) is 5.10. The van der Waals surface area contributed by atoms with Gasteiger partial charge < -0.3 is 15.6 Å². The van der Waals surface area contributed by atoms with Gasteiger partial charge in [0.15, 0.2) is 0 Å². The second-order valence-corrected chi connectivity index (χ2v) is 4.05. The summed E-state index contributed by atoms with van der Waals surface area (Å²) < 4.78 is 19.1. The van der Waals surface area contributed by atoms with Gasteiger partial charge in [0.1, 0.15) is 0 Å². The smallest absolute Gasteiger partial charge is 0.232 e. The molecular formula is C10H16FNO2. The highest BCUT2D eigenvalue weighted by Gasteiger charge is 2.35. The number of hydrogen-bond donors (Lipinski definition) is 2. The van der Waals surface area contributed by atoms with Gasteiger partial charge in [-0.2, -0.15) is 0 Å². The van der Waals surface area contributed by atoms with Crippen molar-refractivity contribution in [3.63, 3.8) is 0 Å². The Labute approximate surface area is 83.1 Å². The Morgan fingerprint density at radius 2 is 2.36 bits per heavy atom. The predicted octanol–water partition coefficient (Wildman–Crippen LogP) is 1.24. The monoisotopic (exact) mass is 201 g/mol. The first-order valence-corrected chi connectivity index (χ1v) is 4.52. The van der Waals surface area contributed by atoms with Crippen LogP contribution in [-0.2, 0) is 4.74 Å². The number of aliphatic hydroxyl groups excluding tert-OH is 1. The van der Waals surface area contributed by atoms with E-state index in [0.717, 1.165) is 0 Å². The molecular weight excluding hydrogens is 185 g/mol. The predicted molar refractivity (Wildman–Crippen MR) is 52.1 cm³/mol. The summed E-state index contributed by atoms with van der Waals surface area (Å²) in [4.78, 5) is 0. The first-order valence-electron chi connectivity index (χ1n) is 4.52. The summed E-state index contributed by atoms with van der Waals surface area (Å²) in [5.74, 6) is -1.85. The molecule has 4 heteroatoms. The Bertz CT molecular complexity index is 273. The molecule has 0 fully saturated rings. The number of ether oxygens (including phenoxy) is 1. The number of nitrogens with two attached hydrogens (primary N) is 1. The van der Waals surface area contributed by atoms with Crippen LogP contribution in [0.3, 0.4) is 0 Å². The molecule has 0 saturated heterocycles. The zero-order valence-corrected chi connectivity index (χ0v) is 8.46. The van der Waals surface area contributed by atoms with E-state index in [9.17, 15) is 4.39 Å². The van der Waals surface area contributed by atoms with Gasteiger partial charge in [0.2, 0.25) is 5.85 Å². The minimum Gasteiger partial charge on any atom is -0.399 e. The molecule has 0 heterocycles. The highest BCUT2D eigenvalue weighted by Crippen LogP contribution is 2.30. The highest BCUT2D eigenvalue weighted by molar-refractivity contribution is 5.23. The van der Waals surface area contributed by atoms with Crippen LogP contribution in [-0.4, -0.2) is 23.2 Å². The van der Waals surface area contributed by atoms with E-state index in [2.05, 4.69) is 0 Å². The molecule has 0 spiro atoms. The lowest BCUT2D eigenvalue weighted by Crippen LogP contribution is -2.40. The van der Waals surface area contributed by atoms with Crippen LogP contribution in [0.15, 0.2) is 23.9 Å². The molecule has 3 N–H and O–H groups in total. The van der Waals surface area contributed by atoms with Crippen molar-refractivity contribution < 1.29 is 14.2 Å². The topological polar surface area (TPSA) is 55.5 Å². The van der Waals surface area contributed by atoms with Gasteiger partial charge in [-0.1, -0.05) is 6.08 Å². The summed E-state index contributed by atoms with van der Waals surface area (Å²) in [6, 6.07) is 0. The molecule has 14 heavy (non-hydrogen) atoms. The van der Waals surface area contributed by atoms with Crippen LogP contribution in [0.5, 0.6) is 0 Å². The average Bonchev–Trinajstić information content (AvgIpc) is 2.10. The minimum atomic E-state index is -1.85. The molecule has 0 radical (unpaired) electrons. The van der Waals surface area contributed by atoms with Gasteiger partial charge in [-0.05, 0) is 26.0 Å². The molecule has 3 nitrogen and oxygen atoms in total. The van der Waals surface area contributed by atoms with E-state index >= 15 is 0 Å². The van der Waals surface area contributed by atoms with Crippen molar-refractivity contribution in [2.75, 3.05) is 6.61 Å². The van der Waals surface area contributed by atoms with E-state index in [-0.39, 0.29) is 13.0 Å². The summed E-state index contributed by atoms with van der Waals surface area (Å²) in [7, 11) is 0. The maximum atomic E-state index is 13.9. The van der Waals surface area contributed by atoms with Gasteiger partial charge in [0.05, 0.1) is 12.2 Å². The van der Waals surface area contributed by atoms with Gasteiger partial charge in [0.25, 0.3) is 0 Å². The Balaban J connectivity index is 2.66. The van der Waals surface area contributed by atoms with Crippen LogP contribution < -0.4 is 5.73 Å². The van der Waals surface area contributed by atoms with E-state index in [4.69, 9.17) is 15.6 Å². The quantitative estimate of drug-likeness (QED) is 0.722. The molecule has 0 aromatic rings. The molecule has 1 atom stereocenters. The van der Waals surface area contributed by atoms with E-state index < -0.39 is 11.5 Å². The average molecular weight is 201 g/mol. The zero-order valence-electron chi connectivity index (χ0n) is 8.46. The van der Waals surface area contributed by atoms with Crippen LogP contribution in [0, 0.1) is 0 Å². The maximum absolute atomic E-state index is 13.9. The van der Waals surface area contributed by atoms with Crippen molar-refractivity contribution >= 4 is 0 Å². The van der Waals surface area contributed by atoms with Crippen LogP contribution in [0.2, 0.25) is 0 Å². The van der Waals surface area contributed by atoms with Gasteiger partial charge in [-0.15, -0.1) is 0 Å². The molecule has 0 aromatic heterocycles. The minimum absolute atomic E-state index is 0.0821. The van der Waals surface area contributed by atoms with Crippen LogP contribution in [0.4, 0.5) is 4.39 Å². The molecule has 1 aliphatic rings. The summed E-state index contributed by atoms with van der Waals surface area (Å²) in [6.07, 6.45) is 4.39. The fourth-order valence-electron chi connectivity index (χ4n) is 1.18. The Kier molecular flexibility index (Phi) is 2.97. The lowest BCUT2D eigenvalue weighted by atomic mass is 10.1. The molecule has 0 bridgehead atoms. The SMILES string of the molecule is CC(C)(CO)OC1(F)C=CC(N)=CC1. The summed E-state index contributed by atoms with van der Waals surface area (Å²) in [6.45, 7) is 3.03. The molecule has 0 aliphatic heterocycles. The van der Waals surface area contributed by atoms with Gasteiger partial charge >= 0.3 is 0 Å². The largest absolute Gasteiger partial charge is 0.399 e. The van der Waals surface area contributed by atoms with Gasteiger partial charge in [-0.3, -0.25) is 0 Å². The maximum Gasteiger partial charge on any atom is 0.232 e. The van der Waals surface area contributed by atoms with Crippen molar-refractivity contribution in [3.8, 4) is 0 Å². The third kappa shape index (κ3) is 2.82. The van der Waals surface area contributed by atoms with Crippen LogP contribution in [0.1, 0.15) is 20.3 Å². The van der Waals surface area contributed by atoms with Crippen LogP contribution >= 0.6 is 0 Å². The number of allylic oxidation sites excluding steroid dienone is 1. The zero-order chi connectivity index (χ0) is 10.8. The van der Waals surface area contributed by atoms with Crippen molar-refractivity contribution in [1.29, 1.82) is 0 Å². The van der Waals surface area contributed by atoms with E-state index in [1.165, 1.54) is 12.2 Å². The Hall–Kier alpha value is -0.870. The third-order valence-electron chi connectivity index (χ3n) is 1.97. The van der Waals surface area contributed by atoms with Gasteiger partial charge in [0, 0.05) is 12.1 Å². The summed E-state index contributed by atoms with van der Waals surface area (Å²) in [5, 5.41) is 8.94. The molecule has 1 unspecified atom stereocenters. The van der Waals surface area contributed by atoms with E-state index in [0.29, 0.717) is 5.70 Å². The van der Waals surface area contributed by atoms with Crippen molar-refractivity contribution in [1.82, 2.24) is 0 Å². The first kappa shape index (κ1) is 11.2. The molecule has 0 amide bonds. The van der Waals surface area contributed by atoms with E-state index in [1.807, 2.05) is 0 Å². The number of halogens is 1. The lowest BCUT2D eigenvalue weighted by Gasteiger charge is -2.32. The van der Waals surface area contributed by atoms with Crippen molar-refractivity contribution in [2.24, 2.45) is 5.73 Å². The number of hydrogen-bond acceptors (Lipinski definition) is 3. The fraction of sp³-hybridized carbons (Fsp3) is 0.600. The second-order valence-electron chi connectivity index (χ2n) is 4.05. The lowest BCUT2D eigenvalue weighted by molar-refractivity contribution is -0.194. The molecule has 0 saturated carbocycles. The third-order valence-corrected chi connectivity index (χ3v) is 1.97. The van der Waals surface area contributed by atoms with Gasteiger partial charge in [-0.25, -0.2) is 4.39 Å². The molecule has 1 rings (SSSR count). The fourth-order valence-corrected chi connectivity index (χ4v) is 1.18. The van der Waals surface area contributed by atoms with E-state index in [1.54, 1.807) is 19.9 Å². The number of aliphatic hydroxyl groups is 1. The first-order chi connectivity index (χ1) is 6.37. The molecule has 80 valence electrons. The Morgan fingerprint density at radius 1 is 1.71 bits per heavy atom. The molecule has 0 aromatic carbocycles. The van der Waals surface area contributed by atoms with Crippen molar-refractivity contribution in [3.05, 3.63) is 23.9 Å². The number of alkyl halides is 1. The second kappa shape index (κ2) is 3.71. The Morgan fingerprint density at radius 3 is 2.79 bits per heavy atom.